The molecule has 6 nitrogen and oxygen atoms in total. The summed E-state index contributed by atoms with van der Waals surface area (Å²) in [6.07, 6.45) is 1.76. The van der Waals surface area contributed by atoms with Crippen molar-refractivity contribution in [3.8, 4) is 0 Å². The van der Waals surface area contributed by atoms with E-state index in [0.717, 1.165) is 6.26 Å². The molecule has 0 aliphatic rings. The Morgan fingerprint density at radius 2 is 1.50 bits per heavy atom. The van der Waals surface area contributed by atoms with E-state index in [4.69, 9.17) is 5.11 Å². The summed E-state index contributed by atoms with van der Waals surface area (Å²) in [7, 11) is 0. The average molecular weight is 230 g/mol. The third-order valence-electron chi connectivity index (χ3n) is 0.822. The minimum absolute atomic E-state index is 0.177. The molecule has 90 valence electrons. The fourth-order valence-corrected chi connectivity index (χ4v) is 0.367. The molecule has 0 aromatic rings. The summed E-state index contributed by atoms with van der Waals surface area (Å²) in [5.41, 5.74) is 0. The van der Waals surface area contributed by atoms with E-state index < -0.39 is 12.3 Å². The second kappa shape index (κ2) is 12.8. The molecule has 0 saturated heterocycles. The van der Waals surface area contributed by atoms with Crippen LogP contribution in [-0.2, 0) is 14.2 Å². The highest BCUT2D eigenvalue weighted by molar-refractivity contribution is 5.60. The van der Waals surface area contributed by atoms with Crippen LogP contribution in [0.3, 0.4) is 0 Å². The van der Waals surface area contributed by atoms with Crippen LogP contribution >= 0.6 is 0 Å². The Bertz CT molecular complexity index is 232. The highest BCUT2D eigenvalue weighted by Crippen LogP contribution is 1.84. The van der Waals surface area contributed by atoms with Crippen LogP contribution in [0.1, 0.15) is 0 Å². The third kappa shape index (κ3) is 17.7. The van der Waals surface area contributed by atoms with Gasteiger partial charge in [0.1, 0.15) is 13.2 Å². The van der Waals surface area contributed by atoms with Gasteiger partial charge in [0.25, 0.3) is 0 Å². The molecule has 0 rings (SSSR count). The SMILES string of the molecule is C=CCOC(=O)OCC=C.C=COC(=O)O. The second-order valence-corrected chi connectivity index (χ2v) is 2.00. The van der Waals surface area contributed by atoms with Crippen LogP contribution in [0, 0.1) is 0 Å². The van der Waals surface area contributed by atoms with Crippen LogP contribution in [0.5, 0.6) is 0 Å². The van der Waals surface area contributed by atoms with E-state index in [1.165, 1.54) is 12.2 Å². The maximum Gasteiger partial charge on any atom is 0.510 e. The number of hydrogen-bond acceptors (Lipinski definition) is 5. The van der Waals surface area contributed by atoms with Gasteiger partial charge in [-0.15, -0.1) is 0 Å². The molecule has 0 aliphatic carbocycles. The molecule has 0 aromatic heterocycles. The summed E-state index contributed by atoms with van der Waals surface area (Å²) in [4.78, 5) is 19.7. The largest absolute Gasteiger partial charge is 0.510 e. The minimum Gasteiger partial charge on any atom is -0.449 e. The van der Waals surface area contributed by atoms with E-state index in [2.05, 4.69) is 33.9 Å². The van der Waals surface area contributed by atoms with Gasteiger partial charge < -0.3 is 19.3 Å². The smallest absolute Gasteiger partial charge is 0.449 e. The van der Waals surface area contributed by atoms with E-state index in [1.807, 2.05) is 0 Å². The number of rotatable bonds is 5. The Morgan fingerprint density at radius 1 is 1.06 bits per heavy atom. The van der Waals surface area contributed by atoms with Crippen molar-refractivity contribution in [1.82, 2.24) is 0 Å². The zero-order chi connectivity index (χ0) is 12.8. The fraction of sp³-hybridized carbons (Fsp3) is 0.200. The summed E-state index contributed by atoms with van der Waals surface area (Å²) < 4.78 is 12.7. The van der Waals surface area contributed by atoms with Crippen molar-refractivity contribution in [2.75, 3.05) is 13.2 Å². The van der Waals surface area contributed by atoms with Crippen LogP contribution in [0.25, 0.3) is 0 Å². The Balaban J connectivity index is 0. The highest BCUT2D eigenvalue weighted by atomic mass is 16.7. The van der Waals surface area contributed by atoms with E-state index in [-0.39, 0.29) is 13.2 Å². The lowest BCUT2D eigenvalue weighted by Crippen LogP contribution is -2.06. The highest BCUT2D eigenvalue weighted by Gasteiger charge is 1.97. The Hall–Kier alpha value is -2.24. The van der Waals surface area contributed by atoms with Crippen molar-refractivity contribution in [2.45, 2.75) is 0 Å². The summed E-state index contributed by atoms with van der Waals surface area (Å²) in [6, 6.07) is 0. The molecule has 6 heteroatoms. The van der Waals surface area contributed by atoms with Crippen LogP contribution in [0.4, 0.5) is 9.59 Å². The molecular weight excluding hydrogens is 216 g/mol. The number of carboxylic acid groups (broad SMARTS) is 1. The number of carbonyl (C=O) groups excluding carboxylic acids is 1. The van der Waals surface area contributed by atoms with Crippen LogP contribution in [0.15, 0.2) is 38.2 Å². The van der Waals surface area contributed by atoms with E-state index >= 15 is 0 Å². The third-order valence-corrected chi connectivity index (χ3v) is 0.822. The Kier molecular flexibility index (Phi) is 12.9. The molecule has 0 atom stereocenters. The molecule has 0 radical (unpaired) electrons. The van der Waals surface area contributed by atoms with Crippen LogP contribution in [0.2, 0.25) is 0 Å². The van der Waals surface area contributed by atoms with E-state index in [9.17, 15) is 9.59 Å². The van der Waals surface area contributed by atoms with Crippen molar-refractivity contribution in [1.29, 1.82) is 0 Å². The lowest BCUT2D eigenvalue weighted by molar-refractivity contribution is 0.0718. The predicted octanol–water partition coefficient (Wildman–Crippen LogP) is 2.34. The van der Waals surface area contributed by atoms with E-state index in [1.54, 1.807) is 0 Å². The first-order chi connectivity index (χ1) is 7.58. The molecule has 16 heavy (non-hydrogen) atoms. The van der Waals surface area contributed by atoms with Gasteiger partial charge in [-0.05, 0) is 0 Å². The monoisotopic (exact) mass is 230 g/mol. The molecule has 0 heterocycles. The molecule has 0 bridgehead atoms. The predicted molar refractivity (Wildman–Crippen MR) is 57.0 cm³/mol. The van der Waals surface area contributed by atoms with Crippen LogP contribution in [-0.4, -0.2) is 30.6 Å². The molecular formula is C10H14O6. The standard InChI is InChI=1S/C7H10O3.C3H4O3/c1-3-5-9-7(8)10-6-4-2;1-2-6-3(4)5/h3-4H,1-2,5-6H2;2H,1H2,(H,4,5). The second-order valence-electron chi connectivity index (χ2n) is 2.00. The Morgan fingerprint density at radius 3 is 1.69 bits per heavy atom. The van der Waals surface area contributed by atoms with E-state index in [0.29, 0.717) is 0 Å². The summed E-state index contributed by atoms with van der Waals surface area (Å²) in [5, 5.41) is 7.62. The van der Waals surface area contributed by atoms with Gasteiger partial charge in [-0.2, -0.15) is 0 Å². The van der Waals surface area contributed by atoms with Gasteiger partial charge in [-0.25, -0.2) is 9.59 Å². The average Bonchev–Trinajstić information content (AvgIpc) is 2.24. The first kappa shape index (κ1) is 16.2. The van der Waals surface area contributed by atoms with Gasteiger partial charge in [-0.1, -0.05) is 31.9 Å². The van der Waals surface area contributed by atoms with Gasteiger partial charge in [0.15, 0.2) is 0 Å². The van der Waals surface area contributed by atoms with Crippen molar-refractivity contribution in [3.63, 3.8) is 0 Å². The van der Waals surface area contributed by atoms with Crippen molar-refractivity contribution >= 4 is 12.3 Å². The first-order valence-electron chi connectivity index (χ1n) is 4.10. The van der Waals surface area contributed by atoms with Gasteiger partial charge in [-0.3, -0.25) is 0 Å². The van der Waals surface area contributed by atoms with Gasteiger partial charge in [0.05, 0.1) is 6.26 Å². The molecule has 0 unspecified atom stereocenters. The summed E-state index contributed by atoms with van der Waals surface area (Å²) >= 11 is 0. The molecule has 0 saturated carbocycles. The molecule has 0 aliphatic heterocycles. The first-order valence-corrected chi connectivity index (χ1v) is 4.10. The summed E-state index contributed by atoms with van der Waals surface area (Å²) in [5.74, 6) is 0. The van der Waals surface area contributed by atoms with Crippen molar-refractivity contribution in [2.24, 2.45) is 0 Å². The fourth-order valence-electron chi connectivity index (χ4n) is 0.367. The maximum absolute atomic E-state index is 10.4. The van der Waals surface area contributed by atoms with Crippen molar-refractivity contribution in [3.05, 3.63) is 38.2 Å². The zero-order valence-electron chi connectivity index (χ0n) is 8.76. The minimum atomic E-state index is -1.33. The summed E-state index contributed by atoms with van der Waals surface area (Å²) in [6.45, 7) is 10.1. The molecule has 0 fully saturated rings. The molecule has 0 aromatic carbocycles. The van der Waals surface area contributed by atoms with Gasteiger partial charge in [0, 0.05) is 0 Å². The number of hydrogen-bond donors (Lipinski definition) is 1. The van der Waals surface area contributed by atoms with Crippen LogP contribution < -0.4 is 0 Å². The van der Waals surface area contributed by atoms with Gasteiger partial charge in [0.2, 0.25) is 0 Å². The Labute approximate surface area is 93.4 Å². The topological polar surface area (TPSA) is 82.1 Å². The normalized spacial score (nSPS) is 7.50. The number of ether oxygens (including phenoxy) is 3. The zero-order valence-corrected chi connectivity index (χ0v) is 8.76. The van der Waals surface area contributed by atoms with Gasteiger partial charge >= 0.3 is 12.3 Å². The maximum atomic E-state index is 10.4. The molecule has 0 spiro atoms. The van der Waals surface area contributed by atoms with Crippen molar-refractivity contribution < 1.29 is 28.9 Å². The quantitative estimate of drug-likeness (QED) is 0.443. The molecule has 0 amide bonds. The molecule has 1 N–H and O–H groups in total. The number of carbonyl (C=O) groups is 2. The lowest BCUT2D eigenvalue weighted by atomic mass is 10.7. The lowest BCUT2D eigenvalue weighted by Gasteiger charge is -1.99.